The zero-order valence-electron chi connectivity index (χ0n) is 10.2. The topological polar surface area (TPSA) is 72.9 Å². The molecule has 1 amide bonds. The fourth-order valence-electron chi connectivity index (χ4n) is 2.53. The van der Waals surface area contributed by atoms with Gasteiger partial charge in [0.15, 0.2) is 0 Å². The molecular formula is C12H20N4O. The van der Waals surface area contributed by atoms with E-state index < -0.39 is 0 Å². The Balaban J connectivity index is 1.87. The highest BCUT2D eigenvalue weighted by Gasteiger charge is 2.31. The first-order valence-electron chi connectivity index (χ1n) is 6.16. The van der Waals surface area contributed by atoms with Crippen molar-refractivity contribution in [1.82, 2.24) is 14.9 Å². The summed E-state index contributed by atoms with van der Waals surface area (Å²) in [6.07, 6.45) is 6.77. The summed E-state index contributed by atoms with van der Waals surface area (Å²) >= 11 is 0. The second-order valence-corrected chi connectivity index (χ2v) is 4.71. The van der Waals surface area contributed by atoms with E-state index in [1.807, 2.05) is 17.8 Å². The molecular weight excluding hydrogens is 216 g/mol. The van der Waals surface area contributed by atoms with Gasteiger partial charge in [-0.1, -0.05) is 6.42 Å². The third-order valence-electron chi connectivity index (χ3n) is 3.64. The first-order chi connectivity index (χ1) is 8.22. The third kappa shape index (κ3) is 2.66. The van der Waals surface area contributed by atoms with Crippen LogP contribution in [0.1, 0.15) is 25.1 Å². The molecule has 2 atom stereocenters. The molecule has 2 unspecified atom stereocenters. The van der Waals surface area contributed by atoms with Gasteiger partial charge >= 0.3 is 0 Å². The number of nitrogens with one attached hydrogen (secondary N) is 1. The third-order valence-corrected chi connectivity index (χ3v) is 3.64. The number of hydrogen-bond donors (Lipinski definition) is 2. The first-order valence-corrected chi connectivity index (χ1v) is 6.16. The lowest BCUT2D eigenvalue weighted by Crippen LogP contribution is -2.35. The lowest BCUT2D eigenvalue weighted by atomic mass is 9.95. The lowest BCUT2D eigenvalue weighted by molar-refractivity contribution is -0.126. The van der Waals surface area contributed by atoms with Crippen LogP contribution >= 0.6 is 0 Å². The molecule has 5 nitrogen and oxygen atoms in total. The van der Waals surface area contributed by atoms with Gasteiger partial charge in [0.2, 0.25) is 5.91 Å². The van der Waals surface area contributed by atoms with Crippen LogP contribution in [0.2, 0.25) is 0 Å². The molecule has 1 fully saturated rings. The molecule has 1 aromatic rings. The first kappa shape index (κ1) is 12.1. The Hall–Kier alpha value is -1.36. The number of nitrogens with zero attached hydrogens (tertiary/aromatic N) is 2. The second kappa shape index (κ2) is 5.31. The van der Waals surface area contributed by atoms with E-state index in [4.69, 9.17) is 5.73 Å². The molecule has 0 aromatic carbocycles. The highest BCUT2D eigenvalue weighted by Crippen LogP contribution is 2.30. The van der Waals surface area contributed by atoms with Gasteiger partial charge in [-0.05, 0) is 25.3 Å². The van der Waals surface area contributed by atoms with Crippen LogP contribution in [0, 0.1) is 11.8 Å². The smallest absolute Gasteiger partial charge is 0.223 e. The summed E-state index contributed by atoms with van der Waals surface area (Å²) in [4.78, 5) is 16.2. The van der Waals surface area contributed by atoms with E-state index in [2.05, 4.69) is 10.3 Å². The van der Waals surface area contributed by atoms with Crippen LogP contribution in [0.5, 0.6) is 0 Å². The number of aryl methyl sites for hydroxylation is 1. The van der Waals surface area contributed by atoms with Crippen LogP contribution in [0.15, 0.2) is 12.4 Å². The Morgan fingerprint density at radius 1 is 1.65 bits per heavy atom. The lowest BCUT2D eigenvalue weighted by Gasteiger charge is -2.17. The zero-order valence-corrected chi connectivity index (χ0v) is 10.2. The minimum Gasteiger partial charge on any atom is -0.349 e. The Bertz CT molecular complexity index is 388. The monoisotopic (exact) mass is 236 g/mol. The molecule has 1 aromatic heterocycles. The molecule has 1 heterocycles. The molecule has 0 saturated heterocycles. The van der Waals surface area contributed by atoms with Crippen molar-refractivity contribution in [2.45, 2.75) is 25.8 Å². The average Bonchev–Trinajstić information content (AvgIpc) is 2.94. The minimum atomic E-state index is 0.0975. The number of imidazole rings is 1. The Labute approximate surface area is 101 Å². The number of amides is 1. The van der Waals surface area contributed by atoms with Crippen molar-refractivity contribution in [2.75, 3.05) is 6.54 Å². The van der Waals surface area contributed by atoms with Gasteiger partial charge in [0.25, 0.3) is 0 Å². The number of nitrogens with two attached hydrogens (primary N) is 1. The fourth-order valence-corrected chi connectivity index (χ4v) is 2.53. The van der Waals surface area contributed by atoms with Gasteiger partial charge in [-0.3, -0.25) is 4.79 Å². The summed E-state index contributed by atoms with van der Waals surface area (Å²) in [5.41, 5.74) is 5.68. The highest BCUT2D eigenvalue weighted by molar-refractivity contribution is 5.79. The summed E-state index contributed by atoms with van der Waals surface area (Å²) in [6.45, 7) is 1.11. The summed E-state index contributed by atoms with van der Waals surface area (Å²) in [5, 5.41) is 2.95. The Morgan fingerprint density at radius 2 is 2.47 bits per heavy atom. The maximum absolute atomic E-state index is 12.0. The van der Waals surface area contributed by atoms with Gasteiger partial charge in [0, 0.05) is 25.4 Å². The Morgan fingerprint density at radius 3 is 3.12 bits per heavy atom. The number of carbonyl (C=O) groups is 1. The summed E-state index contributed by atoms with van der Waals surface area (Å²) in [7, 11) is 1.92. The van der Waals surface area contributed by atoms with E-state index in [9.17, 15) is 4.79 Å². The van der Waals surface area contributed by atoms with Gasteiger partial charge in [0.1, 0.15) is 5.82 Å². The molecule has 94 valence electrons. The molecule has 3 N–H and O–H groups in total. The van der Waals surface area contributed by atoms with Crippen molar-refractivity contribution in [3.63, 3.8) is 0 Å². The normalized spacial score (nSPS) is 23.9. The van der Waals surface area contributed by atoms with Gasteiger partial charge in [-0.15, -0.1) is 0 Å². The van der Waals surface area contributed by atoms with E-state index in [-0.39, 0.29) is 11.8 Å². The maximum Gasteiger partial charge on any atom is 0.223 e. The predicted molar refractivity (Wildman–Crippen MR) is 64.9 cm³/mol. The van der Waals surface area contributed by atoms with E-state index in [0.29, 0.717) is 19.0 Å². The largest absolute Gasteiger partial charge is 0.349 e. The van der Waals surface area contributed by atoms with Crippen LogP contribution < -0.4 is 11.1 Å². The van der Waals surface area contributed by atoms with Crippen LogP contribution in [-0.2, 0) is 18.4 Å². The van der Waals surface area contributed by atoms with Crippen LogP contribution in [-0.4, -0.2) is 22.0 Å². The van der Waals surface area contributed by atoms with E-state index in [0.717, 1.165) is 25.1 Å². The van der Waals surface area contributed by atoms with Crippen molar-refractivity contribution in [3.05, 3.63) is 18.2 Å². The van der Waals surface area contributed by atoms with Crippen LogP contribution in [0.3, 0.4) is 0 Å². The summed E-state index contributed by atoms with van der Waals surface area (Å²) < 4.78 is 1.91. The summed E-state index contributed by atoms with van der Waals surface area (Å²) in [5.74, 6) is 1.46. The van der Waals surface area contributed by atoms with Gasteiger partial charge in [-0.25, -0.2) is 4.98 Å². The maximum atomic E-state index is 12.0. The van der Waals surface area contributed by atoms with Gasteiger partial charge in [-0.2, -0.15) is 0 Å². The molecule has 1 saturated carbocycles. The van der Waals surface area contributed by atoms with Crippen LogP contribution in [0.25, 0.3) is 0 Å². The number of aromatic nitrogens is 2. The minimum absolute atomic E-state index is 0.0975. The summed E-state index contributed by atoms with van der Waals surface area (Å²) in [6, 6.07) is 0. The molecule has 17 heavy (non-hydrogen) atoms. The molecule has 5 heteroatoms. The van der Waals surface area contributed by atoms with Crippen molar-refractivity contribution in [1.29, 1.82) is 0 Å². The van der Waals surface area contributed by atoms with Crippen molar-refractivity contribution in [2.24, 2.45) is 24.6 Å². The van der Waals surface area contributed by atoms with E-state index in [1.165, 1.54) is 0 Å². The second-order valence-electron chi connectivity index (χ2n) is 4.71. The average molecular weight is 236 g/mol. The number of carbonyl (C=O) groups excluding carboxylic acids is 1. The molecule has 1 aliphatic rings. The Kier molecular flexibility index (Phi) is 3.78. The SMILES string of the molecule is Cn1ccnc1CNC(=O)C1CCCC1CN. The van der Waals surface area contributed by atoms with Crippen LogP contribution in [0.4, 0.5) is 0 Å². The number of hydrogen-bond acceptors (Lipinski definition) is 3. The quantitative estimate of drug-likeness (QED) is 0.795. The van der Waals surface area contributed by atoms with Gasteiger partial charge in [0.05, 0.1) is 6.54 Å². The van der Waals surface area contributed by atoms with E-state index >= 15 is 0 Å². The molecule has 0 bridgehead atoms. The molecule has 2 rings (SSSR count). The van der Waals surface area contributed by atoms with Crippen molar-refractivity contribution >= 4 is 5.91 Å². The molecule has 0 aliphatic heterocycles. The zero-order chi connectivity index (χ0) is 12.3. The van der Waals surface area contributed by atoms with Gasteiger partial charge < -0.3 is 15.6 Å². The van der Waals surface area contributed by atoms with Crippen molar-refractivity contribution < 1.29 is 4.79 Å². The molecule has 0 radical (unpaired) electrons. The predicted octanol–water partition coefficient (Wildman–Crippen LogP) is 0.411. The number of rotatable bonds is 4. The fraction of sp³-hybridized carbons (Fsp3) is 0.667. The molecule has 0 spiro atoms. The molecule has 1 aliphatic carbocycles. The van der Waals surface area contributed by atoms with E-state index in [1.54, 1.807) is 6.20 Å². The van der Waals surface area contributed by atoms with Crippen molar-refractivity contribution in [3.8, 4) is 0 Å². The highest BCUT2D eigenvalue weighted by atomic mass is 16.1. The standard InChI is InChI=1S/C12H20N4O/c1-16-6-5-14-11(16)8-15-12(17)10-4-2-3-9(10)7-13/h5-6,9-10H,2-4,7-8,13H2,1H3,(H,15,17).